The van der Waals surface area contributed by atoms with Crippen LogP contribution >= 0.6 is 0 Å². The second kappa shape index (κ2) is 16.8. The average Bonchev–Trinajstić information content (AvgIpc) is 3.05. The SMILES string of the molecule is CCN(CC(O)COc1ccc(S(=O)(=O)c2ccc(OCC(O)CN(CC)C3CCCCC3)cc2)cc1)C1CCCCC1. The molecule has 2 aromatic carbocycles. The smallest absolute Gasteiger partial charge is 0.206 e. The molecule has 0 spiro atoms. The van der Waals surface area contributed by atoms with E-state index in [0.29, 0.717) is 36.7 Å². The lowest BCUT2D eigenvalue weighted by atomic mass is 9.94. The van der Waals surface area contributed by atoms with Crippen LogP contribution in [0.15, 0.2) is 58.3 Å². The largest absolute Gasteiger partial charge is 0.491 e. The van der Waals surface area contributed by atoms with E-state index in [-0.39, 0.29) is 23.0 Å². The highest BCUT2D eigenvalue weighted by Crippen LogP contribution is 2.26. The molecule has 0 aliphatic heterocycles. The standard InChI is InChI=1S/C34H52N2O6S/c1-3-35(27-11-7-5-8-12-27)23-29(37)25-41-31-15-19-33(20-16-31)43(39,40)34-21-17-32(18-22-34)42-26-30(38)24-36(4-2)28-13-9-6-10-14-28/h15-22,27-30,37-38H,3-14,23-26H2,1-2H3. The summed E-state index contributed by atoms with van der Waals surface area (Å²) >= 11 is 0. The van der Waals surface area contributed by atoms with Crippen LogP contribution in [0.25, 0.3) is 0 Å². The molecule has 8 nitrogen and oxygen atoms in total. The predicted molar refractivity (Wildman–Crippen MR) is 170 cm³/mol. The molecule has 0 aromatic heterocycles. The molecule has 0 bridgehead atoms. The topological polar surface area (TPSA) is 99.5 Å². The Balaban J connectivity index is 1.24. The fourth-order valence-corrected chi connectivity index (χ4v) is 7.82. The fraction of sp³-hybridized carbons (Fsp3) is 0.647. The summed E-state index contributed by atoms with van der Waals surface area (Å²) in [6.07, 6.45) is 11.1. The van der Waals surface area contributed by atoms with Crippen molar-refractivity contribution in [2.75, 3.05) is 39.4 Å². The molecule has 2 aromatic rings. The van der Waals surface area contributed by atoms with Crippen LogP contribution in [0, 0.1) is 0 Å². The van der Waals surface area contributed by atoms with E-state index in [0.717, 1.165) is 13.1 Å². The molecule has 0 heterocycles. The van der Waals surface area contributed by atoms with E-state index in [9.17, 15) is 18.6 Å². The van der Waals surface area contributed by atoms with Gasteiger partial charge in [-0.25, -0.2) is 8.42 Å². The third kappa shape index (κ3) is 9.91. The zero-order valence-electron chi connectivity index (χ0n) is 26.1. The van der Waals surface area contributed by atoms with Crippen molar-refractivity contribution in [2.24, 2.45) is 0 Å². The Morgan fingerprint density at radius 3 is 1.33 bits per heavy atom. The monoisotopic (exact) mass is 616 g/mol. The molecule has 4 rings (SSSR count). The summed E-state index contributed by atoms with van der Waals surface area (Å²) in [5.74, 6) is 1.04. The summed E-state index contributed by atoms with van der Waals surface area (Å²) in [5, 5.41) is 21.2. The molecule has 240 valence electrons. The van der Waals surface area contributed by atoms with Crippen LogP contribution in [-0.4, -0.2) is 92.1 Å². The second-order valence-corrected chi connectivity index (χ2v) is 14.1. The Bertz CT molecular complexity index is 1090. The number of hydrogen-bond donors (Lipinski definition) is 2. The van der Waals surface area contributed by atoms with Gasteiger partial charge in [0.1, 0.15) is 36.9 Å². The molecular weight excluding hydrogens is 564 g/mol. The van der Waals surface area contributed by atoms with Gasteiger partial charge >= 0.3 is 0 Å². The Morgan fingerprint density at radius 2 is 1.00 bits per heavy atom. The van der Waals surface area contributed by atoms with E-state index in [2.05, 4.69) is 23.6 Å². The summed E-state index contributed by atoms with van der Waals surface area (Å²) in [6.45, 7) is 7.53. The van der Waals surface area contributed by atoms with Crippen molar-refractivity contribution in [1.82, 2.24) is 9.80 Å². The number of hydrogen-bond acceptors (Lipinski definition) is 8. The average molecular weight is 617 g/mol. The maximum absolute atomic E-state index is 13.2. The number of benzene rings is 2. The predicted octanol–water partition coefficient (Wildman–Crippen LogP) is 5.31. The Kier molecular flexibility index (Phi) is 13.2. The molecule has 43 heavy (non-hydrogen) atoms. The lowest BCUT2D eigenvalue weighted by molar-refractivity contribution is 0.0463. The van der Waals surface area contributed by atoms with E-state index in [1.54, 1.807) is 24.3 Å². The van der Waals surface area contributed by atoms with E-state index >= 15 is 0 Å². The van der Waals surface area contributed by atoms with Gasteiger partial charge in [-0.1, -0.05) is 52.4 Å². The first-order chi connectivity index (χ1) is 20.8. The van der Waals surface area contributed by atoms with Crippen LogP contribution in [0.3, 0.4) is 0 Å². The third-order valence-corrected chi connectivity index (χ3v) is 10.8. The molecule has 2 fully saturated rings. The van der Waals surface area contributed by atoms with Crippen molar-refractivity contribution in [2.45, 2.75) is 112 Å². The van der Waals surface area contributed by atoms with Gasteiger partial charge in [0.25, 0.3) is 0 Å². The highest BCUT2D eigenvalue weighted by molar-refractivity contribution is 7.91. The molecule has 2 aliphatic rings. The van der Waals surface area contributed by atoms with Crippen molar-refractivity contribution >= 4 is 9.84 Å². The van der Waals surface area contributed by atoms with Crippen molar-refractivity contribution in [3.63, 3.8) is 0 Å². The molecule has 0 amide bonds. The molecule has 2 saturated carbocycles. The first-order valence-electron chi connectivity index (χ1n) is 16.3. The van der Waals surface area contributed by atoms with Crippen LogP contribution in [-0.2, 0) is 9.84 Å². The van der Waals surface area contributed by atoms with Gasteiger partial charge in [0.2, 0.25) is 9.84 Å². The first kappa shape index (κ1) is 33.7. The van der Waals surface area contributed by atoms with Gasteiger partial charge in [0.05, 0.1) is 9.79 Å². The lowest BCUT2D eigenvalue weighted by Crippen LogP contribution is -2.43. The van der Waals surface area contributed by atoms with E-state index in [1.165, 1.54) is 88.5 Å². The zero-order valence-corrected chi connectivity index (χ0v) is 26.9. The van der Waals surface area contributed by atoms with E-state index in [1.807, 2.05) is 0 Å². The Morgan fingerprint density at radius 1 is 0.651 bits per heavy atom. The normalized spacial score (nSPS) is 18.6. The Hall–Kier alpha value is -2.17. The quantitative estimate of drug-likeness (QED) is 0.262. The molecule has 2 N–H and O–H groups in total. The van der Waals surface area contributed by atoms with Gasteiger partial charge in [0.15, 0.2) is 0 Å². The first-order valence-corrected chi connectivity index (χ1v) is 17.8. The summed E-state index contributed by atoms with van der Waals surface area (Å²) in [4.78, 5) is 5.03. The number of rotatable bonds is 16. The number of likely N-dealkylation sites (N-methyl/N-ethyl adjacent to an activating group) is 2. The van der Waals surface area contributed by atoms with Crippen molar-refractivity contribution in [3.8, 4) is 11.5 Å². The third-order valence-electron chi connectivity index (χ3n) is 9.04. The van der Waals surface area contributed by atoms with Gasteiger partial charge in [-0.15, -0.1) is 0 Å². The van der Waals surface area contributed by atoms with Crippen LogP contribution in [0.5, 0.6) is 11.5 Å². The summed E-state index contributed by atoms with van der Waals surface area (Å²) in [7, 11) is -3.72. The Labute approximate surface area is 258 Å². The highest BCUT2D eigenvalue weighted by Gasteiger charge is 2.24. The van der Waals surface area contributed by atoms with Crippen molar-refractivity contribution < 1.29 is 28.1 Å². The van der Waals surface area contributed by atoms with Gasteiger partial charge in [-0.2, -0.15) is 0 Å². The van der Waals surface area contributed by atoms with Crippen LogP contribution in [0.4, 0.5) is 0 Å². The van der Waals surface area contributed by atoms with Crippen LogP contribution in [0.1, 0.15) is 78.1 Å². The summed E-state index contributed by atoms with van der Waals surface area (Å²) in [6, 6.07) is 13.7. The number of nitrogens with zero attached hydrogens (tertiary/aromatic N) is 2. The minimum atomic E-state index is -3.72. The van der Waals surface area contributed by atoms with Crippen LogP contribution < -0.4 is 9.47 Å². The van der Waals surface area contributed by atoms with Gasteiger partial charge < -0.3 is 19.7 Å². The van der Waals surface area contributed by atoms with Crippen molar-refractivity contribution in [3.05, 3.63) is 48.5 Å². The van der Waals surface area contributed by atoms with Crippen molar-refractivity contribution in [1.29, 1.82) is 0 Å². The number of sulfone groups is 1. The van der Waals surface area contributed by atoms with E-state index in [4.69, 9.17) is 9.47 Å². The number of ether oxygens (including phenoxy) is 2. The number of aliphatic hydroxyl groups excluding tert-OH is 2. The number of aliphatic hydroxyl groups is 2. The molecule has 0 radical (unpaired) electrons. The summed E-state index contributed by atoms with van der Waals surface area (Å²) in [5.41, 5.74) is 0. The van der Waals surface area contributed by atoms with Crippen LogP contribution in [0.2, 0.25) is 0 Å². The van der Waals surface area contributed by atoms with Gasteiger partial charge in [-0.05, 0) is 87.3 Å². The molecular formula is C34H52N2O6S. The minimum absolute atomic E-state index is 0.155. The molecule has 2 aliphatic carbocycles. The zero-order chi connectivity index (χ0) is 30.7. The van der Waals surface area contributed by atoms with Gasteiger partial charge in [0, 0.05) is 25.2 Å². The minimum Gasteiger partial charge on any atom is -0.491 e. The molecule has 2 atom stereocenters. The maximum atomic E-state index is 13.2. The maximum Gasteiger partial charge on any atom is 0.206 e. The van der Waals surface area contributed by atoms with E-state index < -0.39 is 22.0 Å². The molecule has 0 saturated heterocycles. The highest BCUT2D eigenvalue weighted by atomic mass is 32.2. The lowest BCUT2D eigenvalue weighted by Gasteiger charge is -2.34. The molecule has 2 unspecified atom stereocenters. The molecule has 9 heteroatoms. The van der Waals surface area contributed by atoms with Gasteiger partial charge in [-0.3, -0.25) is 9.80 Å². The summed E-state index contributed by atoms with van der Waals surface area (Å²) < 4.78 is 38.0. The second-order valence-electron chi connectivity index (χ2n) is 12.1. The fourth-order valence-electron chi connectivity index (χ4n) is 6.56.